The number of hydrogen-bond acceptors (Lipinski definition) is 3. The first-order valence-corrected chi connectivity index (χ1v) is 5.88. The van der Waals surface area contributed by atoms with Gasteiger partial charge in [0.25, 0.3) is 5.91 Å². The SMILES string of the molecule is CCOCCCNC(=O)c1ccc(OC)cc1F. The van der Waals surface area contributed by atoms with Crippen molar-refractivity contribution in [3.8, 4) is 5.75 Å². The van der Waals surface area contributed by atoms with E-state index < -0.39 is 11.7 Å². The van der Waals surface area contributed by atoms with Crippen molar-refractivity contribution in [1.82, 2.24) is 5.32 Å². The summed E-state index contributed by atoms with van der Waals surface area (Å²) in [5.41, 5.74) is 0.0206. The van der Waals surface area contributed by atoms with Crippen molar-refractivity contribution in [1.29, 1.82) is 0 Å². The molecule has 0 fully saturated rings. The molecule has 0 aromatic heterocycles. The Bertz CT molecular complexity index is 396. The summed E-state index contributed by atoms with van der Waals surface area (Å²) >= 11 is 0. The Hall–Kier alpha value is -1.62. The van der Waals surface area contributed by atoms with Gasteiger partial charge in [-0.2, -0.15) is 0 Å². The quantitative estimate of drug-likeness (QED) is 0.758. The van der Waals surface area contributed by atoms with Gasteiger partial charge in [-0.15, -0.1) is 0 Å². The van der Waals surface area contributed by atoms with Crippen molar-refractivity contribution in [3.63, 3.8) is 0 Å². The highest BCUT2D eigenvalue weighted by Crippen LogP contribution is 2.15. The molecular formula is C13H18FNO3. The standard InChI is InChI=1S/C13H18FNO3/c1-3-18-8-4-7-15-13(16)11-6-5-10(17-2)9-12(11)14/h5-6,9H,3-4,7-8H2,1-2H3,(H,15,16). The highest BCUT2D eigenvalue weighted by molar-refractivity contribution is 5.94. The van der Waals surface area contributed by atoms with Gasteiger partial charge in [0.05, 0.1) is 12.7 Å². The van der Waals surface area contributed by atoms with Crippen molar-refractivity contribution in [2.75, 3.05) is 26.9 Å². The molecule has 4 nitrogen and oxygen atoms in total. The average molecular weight is 255 g/mol. The second-order valence-corrected chi connectivity index (χ2v) is 3.65. The number of nitrogens with one attached hydrogen (secondary N) is 1. The zero-order valence-electron chi connectivity index (χ0n) is 10.7. The van der Waals surface area contributed by atoms with E-state index in [2.05, 4.69) is 5.32 Å². The fourth-order valence-electron chi connectivity index (χ4n) is 1.42. The second-order valence-electron chi connectivity index (χ2n) is 3.65. The van der Waals surface area contributed by atoms with Gasteiger partial charge in [-0.25, -0.2) is 4.39 Å². The van der Waals surface area contributed by atoms with Gasteiger partial charge in [-0.1, -0.05) is 0 Å². The number of methoxy groups -OCH3 is 1. The van der Waals surface area contributed by atoms with Gasteiger partial charge in [0.15, 0.2) is 0 Å². The first-order valence-electron chi connectivity index (χ1n) is 5.88. The number of hydrogen-bond donors (Lipinski definition) is 1. The molecule has 1 N–H and O–H groups in total. The molecule has 0 radical (unpaired) electrons. The Morgan fingerprint density at radius 2 is 2.22 bits per heavy atom. The van der Waals surface area contributed by atoms with E-state index in [0.717, 1.165) is 0 Å². The van der Waals surface area contributed by atoms with Crippen LogP contribution in [0, 0.1) is 5.82 Å². The first kappa shape index (κ1) is 14.4. The van der Waals surface area contributed by atoms with Crippen LogP contribution in [0.1, 0.15) is 23.7 Å². The molecule has 0 aliphatic rings. The fraction of sp³-hybridized carbons (Fsp3) is 0.462. The third kappa shape index (κ3) is 4.33. The molecular weight excluding hydrogens is 237 g/mol. The lowest BCUT2D eigenvalue weighted by Crippen LogP contribution is -2.26. The molecule has 5 heteroatoms. The monoisotopic (exact) mass is 255 g/mol. The maximum Gasteiger partial charge on any atom is 0.254 e. The Balaban J connectivity index is 2.46. The average Bonchev–Trinajstić information content (AvgIpc) is 2.38. The summed E-state index contributed by atoms with van der Waals surface area (Å²) in [5, 5.41) is 2.64. The van der Waals surface area contributed by atoms with Crippen LogP contribution < -0.4 is 10.1 Å². The van der Waals surface area contributed by atoms with Crippen molar-refractivity contribution < 1.29 is 18.7 Å². The summed E-state index contributed by atoms with van der Waals surface area (Å²) in [6.45, 7) is 3.61. The number of carbonyl (C=O) groups is 1. The van der Waals surface area contributed by atoms with Gasteiger partial charge in [0, 0.05) is 25.8 Å². The van der Waals surface area contributed by atoms with Gasteiger partial charge in [-0.05, 0) is 25.5 Å². The fourth-order valence-corrected chi connectivity index (χ4v) is 1.42. The van der Waals surface area contributed by atoms with Crippen LogP contribution in [-0.2, 0) is 4.74 Å². The second kappa shape index (κ2) is 7.66. The summed E-state index contributed by atoms with van der Waals surface area (Å²) in [7, 11) is 1.45. The smallest absolute Gasteiger partial charge is 0.254 e. The highest BCUT2D eigenvalue weighted by Gasteiger charge is 2.11. The van der Waals surface area contributed by atoms with E-state index in [0.29, 0.717) is 31.9 Å². The topological polar surface area (TPSA) is 47.6 Å². The van der Waals surface area contributed by atoms with Gasteiger partial charge in [0.2, 0.25) is 0 Å². The van der Waals surface area contributed by atoms with E-state index in [1.54, 1.807) is 6.07 Å². The van der Waals surface area contributed by atoms with E-state index in [1.807, 2.05) is 6.92 Å². The summed E-state index contributed by atoms with van der Waals surface area (Å²) in [5.74, 6) is -0.622. The Morgan fingerprint density at radius 1 is 1.44 bits per heavy atom. The minimum atomic E-state index is -0.586. The van der Waals surface area contributed by atoms with Crippen molar-refractivity contribution in [3.05, 3.63) is 29.6 Å². The van der Waals surface area contributed by atoms with E-state index in [-0.39, 0.29) is 5.56 Å². The van der Waals surface area contributed by atoms with Crippen LogP contribution in [0.15, 0.2) is 18.2 Å². The van der Waals surface area contributed by atoms with Gasteiger partial charge < -0.3 is 14.8 Å². The molecule has 0 atom stereocenters. The normalized spacial score (nSPS) is 10.2. The summed E-state index contributed by atoms with van der Waals surface area (Å²) in [6.07, 6.45) is 0.706. The predicted molar refractivity (Wildman–Crippen MR) is 66.4 cm³/mol. The third-order valence-electron chi connectivity index (χ3n) is 2.38. The largest absolute Gasteiger partial charge is 0.497 e. The molecule has 18 heavy (non-hydrogen) atoms. The lowest BCUT2D eigenvalue weighted by molar-refractivity contribution is 0.0940. The molecule has 1 amide bonds. The number of amides is 1. The van der Waals surface area contributed by atoms with E-state index in [9.17, 15) is 9.18 Å². The zero-order chi connectivity index (χ0) is 13.4. The Morgan fingerprint density at radius 3 is 2.83 bits per heavy atom. The maximum atomic E-state index is 13.6. The number of rotatable bonds is 7. The van der Waals surface area contributed by atoms with E-state index in [1.165, 1.54) is 19.2 Å². The Kier molecular flexibility index (Phi) is 6.14. The maximum absolute atomic E-state index is 13.6. The minimum absolute atomic E-state index is 0.0206. The van der Waals surface area contributed by atoms with Crippen molar-refractivity contribution in [2.24, 2.45) is 0 Å². The molecule has 1 rings (SSSR count). The van der Waals surface area contributed by atoms with E-state index >= 15 is 0 Å². The van der Waals surface area contributed by atoms with E-state index in [4.69, 9.17) is 9.47 Å². The molecule has 100 valence electrons. The van der Waals surface area contributed by atoms with Crippen LogP contribution in [0.5, 0.6) is 5.75 Å². The number of carbonyl (C=O) groups excluding carboxylic acids is 1. The molecule has 0 spiro atoms. The lowest BCUT2D eigenvalue weighted by atomic mass is 10.2. The molecule has 0 heterocycles. The van der Waals surface area contributed by atoms with Crippen LogP contribution in [0.2, 0.25) is 0 Å². The van der Waals surface area contributed by atoms with Crippen LogP contribution in [0.4, 0.5) is 4.39 Å². The van der Waals surface area contributed by atoms with Crippen LogP contribution >= 0.6 is 0 Å². The number of halogens is 1. The molecule has 0 saturated carbocycles. The molecule has 0 unspecified atom stereocenters. The number of benzene rings is 1. The van der Waals surface area contributed by atoms with Gasteiger partial charge in [0.1, 0.15) is 11.6 Å². The van der Waals surface area contributed by atoms with Crippen LogP contribution in [0.25, 0.3) is 0 Å². The predicted octanol–water partition coefficient (Wildman–Crippen LogP) is 1.99. The van der Waals surface area contributed by atoms with Crippen LogP contribution in [-0.4, -0.2) is 32.8 Å². The Labute approximate surface area is 106 Å². The lowest BCUT2D eigenvalue weighted by Gasteiger charge is -2.07. The minimum Gasteiger partial charge on any atom is -0.497 e. The summed E-state index contributed by atoms with van der Waals surface area (Å²) in [6, 6.07) is 4.15. The summed E-state index contributed by atoms with van der Waals surface area (Å²) < 4.78 is 23.6. The molecule has 1 aromatic rings. The van der Waals surface area contributed by atoms with Gasteiger partial charge in [-0.3, -0.25) is 4.79 Å². The molecule has 0 aliphatic heterocycles. The molecule has 0 saturated heterocycles. The number of ether oxygens (including phenoxy) is 2. The van der Waals surface area contributed by atoms with Crippen molar-refractivity contribution in [2.45, 2.75) is 13.3 Å². The third-order valence-corrected chi connectivity index (χ3v) is 2.38. The zero-order valence-corrected chi connectivity index (χ0v) is 10.7. The summed E-state index contributed by atoms with van der Waals surface area (Å²) in [4.78, 5) is 11.7. The first-order chi connectivity index (χ1) is 8.69. The molecule has 1 aromatic carbocycles. The molecule has 0 aliphatic carbocycles. The molecule has 0 bridgehead atoms. The van der Waals surface area contributed by atoms with Crippen LogP contribution in [0.3, 0.4) is 0 Å². The highest BCUT2D eigenvalue weighted by atomic mass is 19.1. The van der Waals surface area contributed by atoms with Gasteiger partial charge >= 0.3 is 0 Å². The van der Waals surface area contributed by atoms with Crippen molar-refractivity contribution >= 4 is 5.91 Å².